The smallest absolute Gasteiger partial charge is 0.296 e. The lowest BCUT2D eigenvalue weighted by Gasteiger charge is -2.09. The second kappa shape index (κ2) is 5.46. The number of aromatic nitrogens is 1. The number of amides is 1. The number of likely N-dealkylation sites (tertiary alicyclic amines) is 1. The Morgan fingerprint density at radius 1 is 1.65 bits per heavy atom. The van der Waals surface area contributed by atoms with E-state index in [9.17, 15) is 4.79 Å². The predicted octanol–water partition coefficient (Wildman–Crippen LogP) is 0.253. The fourth-order valence-corrected chi connectivity index (χ4v) is 1.84. The van der Waals surface area contributed by atoms with Crippen LogP contribution in [0.2, 0.25) is 0 Å². The number of rotatable bonds is 1. The summed E-state index contributed by atoms with van der Waals surface area (Å²) in [5.74, 6) is 5.16. The first-order chi connectivity index (χ1) is 8.24. The number of carbonyl (C=O) groups excluding carboxylic acids is 1. The zero-order valence-corrected chi connectivity index (χ0v) is 9.81. The standard InChI is InChI=1S/C13H15N3O/c1-16-8-6-12(10-16)15-13(17)5-4-11-3-2-7-14-9-11/h2-3,7,9,12H,6,8,10H2,1H3,(H,15,17)/t12-/m1/s1. The van der Waals surface area contributed by atoms with E-state index in [2.05, 4.69) is 27.0 Å². The van der Waals surface area contributed by atoms with E-state index in [4.69, 9.17) is 0 Å². The molecule has 1 aromatic heterocycles. The van der Waals surface area contributed by atoms with E-state index < -0.39 is 0 Å². The summed E-state index contributed by atoms with van der Waals surface area (Å²) in [4.78, 5) is 17.7. The lowest BCUT2D eigenvalue weighted by atomic mass is 10.2. The van der Waals surface area contributed by atoms with E-state index in [1.54, 1.807) is 18.5 Å². The quantitative estimate of drug-likeness (QED) is 0.702. The van der Waals surface area contributed by atoms with Crippen molar-refractivity contribution >= 4 is 5.91 Å². The molecule has 17 heavy (non-hydrogen) atoms. The Morgan fingerprint density at radius 3 is 3.18 bits per heavy atom. The molecule has 1 saturated heterocycles. The first-order valence-electron chi connectivity index (χ1n) is 5.65. The summed E-state index contributed by atoms with van der Waals surface area (Å²) in [6, 6.07) is 3.86. The summed E-state index contributed by atoms with van der Waals surface area (Å²) in [5, 5.41) is 2.90. The van der Waals surface area contributed by atoms with Crippen molar-refractivity contribution in [3.8, 4) is 11.8 Å². The molecular weight excluding hydrogens is 214 g/mol. The molecule has 4 nitrogen and oxygen atoms in total. The van der Waals surface area contributed by atoms with Crippen molar-refractivity contribution in [3.63, 3.8) is 0 Å². The minimum absolute atomic E-state index is 0.214. The van der Waals surface area contributed by atoms with E-state index in [-0.39, 0.29) is 11.9 Å². The van der Waals surface area contributed by atoms with Gasteiger partial charge in [-0.3, -0.25) is 9.78 Å². The highest BCUT2D eigenvalue weighted by Gasteiger charge is 2.19. The fraction of sp³-hybridized carbons (Fsp3) is 0.385. The van der Waals surface area contributed by atoms with Crippen LogP contribution >= 0.6 is 0 Å². The molecule has 1 aliphatic rings. The summed E-state index contributed by atoms with van der Waals surface area (Å²) in [6.45, 7) is 1.93. The van der Waals surface area contributed by atoms with Crippen LogP contribution in [-0.4, -0.2) is 42.0 Å². The maximum atomic E-state index is 11.6. The zero-order chi connectivity index (χ0) is 12.1. The number of carbonyl (C=O) groups is 1. The molecule has 2 rings (SSSR count). The Labute approximate surface area is 101 Å². The van der Waals surface area contributed by atoms with Crippen LogP contribution in [0.5, 0.6) is 0 Å². The molecular formula is C13H15N3O. The van der Waals surface area contributed by atoms with E-state index in [0.29, 0.717) is 0 Å². The van der Waals surface area contributed by atoms with Crippen molar-refractivity contribution in [1.82, 2.24) is 15.2 Å². The molecule has 1 aliphatic heterocycles. The van der Waals surface area contributed by atoms with Gasteiger partial charge in [-0.05, 0) is 32.1 Å². The van der Waals surface area contributed by atoms with Gasteiger partial charge in [0.05, 0.1) is 0 Å². The Balaban J connectivity index is 1.88. The molecule has 0 aliphatic carbocycles. The van der Waals surface area contributed by atoms with Crippen molar-refractivity contribution in [2.24, 2.45) is 0 Å². The Morgan fingerprint density at radius 2 is 2.53 bits per heavy atom. The van der Waals surface area contributed by atoms with Gasteiger partial charge in [0.25, 0.3) is 5.91 Å². The van der Waals surface area contributed by atoms with Crippen molar-refractivity contribution in [1.29, 1.82) is 0 Å². The molecule has 4 heteroatoms. The summed E-state index contributed by atoms with van der Waals surface area (Å²) in [7, 11) is 2.05. The monoisotopic (exact) mass is 229 g/mol. The molecule has 0 radical (unpaired) electrons. The second-order valence-electron chi connectivity index (χ2n) is 4.21. The molecule has 1 fully saturated rings. The molecule has 1 amide bonds. The van der Waals surface area contributed by atoms with Crippen molar-refractivity contribution in [2.75, 3.05) is 20.1 Å². The van der Waals surface area contributed by atoms with Gasteiger partial charge in [-0.15, -0.1) is 0 Å². The van der Waals surface area contributed by atoms with E-state index in [0.717, 1.165) is 25.1 Å². The lowest BCUT2D eigenvalue weighted by Crippen LogP contribution is -2.35. The first-order valence-corrected chi connectivity index (χ1v) is 5.65. The van der Waals surface area contributed by atoms with Gasteiger partial charge < -0.3 is 10.2 Å². The zero-order valence-electron chi connectivity index (χ0n) is 9.81. The largest absolute Gasteiger partial charge is 0.341 e. The molecule has 0 spiro atoms. The fourth-order valence-electron chi connectivity index (χ4n) is 1.84. The molecule has 0 bridgehead atoms. The van der Waals surface area contributed by atoms with Gasteiger partial charge in [0.15, 0.2) is 0 Å². The number of nitrogens with one attached hydrogen (secondary N) is 1. The van der Waals surface area contributed by atoms with Crippen molar-refractivity contribution in [2.45, 2.75) is 12.5 Å². The molecule has 2 heterocycles. The summed E-state index contributed by atoms with van der Waals surface area (Å²) in [5.41, 5.74) is 0.756. The number of likely N-dealkylation sites (N-methyl/N-ethyl adjacent to an activating group) is 1. The Hall–Kier alpha value is -1.86. The average Bonchev–Trinajstić information content (AvgIpc) is 2.73. The molecule has 1 N–H and O–H groups in total. The minimum Gasteiger partial charge on any atom is -0.341 e. The van der Waals surface area contributed by atoms with Crippen molar-refractivity contribution in [3.05, 3.63) is 30.1 Å². The van der Waals surface area contributed by atoms with E-state index in [1.807, 2.05) is 13.1 Å². The number of pyridine rings is 1. The molecule has 0 unspecified atom stereocenters. The van der Waals surface area contributed by atoms with Crippen LogP contribution in [0.15, 0.2) is 24.5 Å². The summed E-state index contributed by atoms with van der Waals surface area (Å²) < 4.78 is 0. The number of hydrogen-bond donors (Lipinski definition) is 1. The first kappa shape index (κ1) is 11.6. The third-order valence-electron chi connectivity index (χ3n) is 2.71. The predicted molar refractivity (Wildman–Crippen MR) is 65.2 cm³/mol. The highest BCUT2D eigenvalue weighted by Crippen LogP contribution is 2.05. The SMILES string of the molecule is CN1CC[C@@H](NC(=O)C#Cc2cccnc2)C1. The topological polar surface area (TPSA) is 45.2 Å². The molecule has 1 atom stereocenters. The maximum Gasteiger partial charge on any atom is 0.296 e. The minimum atomic E-state index is -0.214. The lowest BCUT2D eigenvalue weighted by molar-refractivity contribution is -0.116. The van der Waals surface area contributed by atoms with Crippen LogP contribution < -0.4 is 5.32 Å². The van der Waals surface area contributed by atoms with Gasteiger partial charge in [-0.1, -0.05) is 5.92 Å². The highest BCUT2D eigenvalue weighted by molar-refractivity contribution is 5.94. The third-order valence-corrected chi connectivity index (χ3v) is 2.71. The van der Waals surface area contributed by atoms with Crippen LogP contribution in [0.25, 0.3) is 0 Å². The average molecular weight is 229 g/mol. The van der Waals surface area contributed by atoms with E-state index >= 15 is 0 Å². The van der Waals surface area contributed by atoms with Gasteiger partial charge in [0, 0.05) is 36.5 Å². The molecule has 88 valence electrons. The Bertz CT molecular complexity index is 447. The van der Waals surface area contributed by atoms with Crippen LogP contribution in [0, 0.1) is 11.8 Å². The normalized spacial score (nSPS) is 19.5. The number of nitrogens with zero attached hydrogens (tertiary/aromatic N) is 2. The molecule has 0 aromatic carbocycles. The van der Waals surface area contributed by atoms with Gasteiger partial charge in [0.1, 0.15) is 0 Å². The maximum absolute atomic E-state index is 11.6. The van der Waals surface area contributed by atoms with Gasteiger partial charge >= 0.3 is 0 Å². The summed E-state index contributed by atoms with van der Waals surface area (Å²) >= 11 is 0. The van der Waals surface area contributed by atoms with Gasteiger partial charge in [0.2, 0.25) is 0 Å². The second-order valence-corrected chi connectivity index (χ2v) is 4.21. The van der Waals surface area contributed by atoms with E-state index in [1.165, 1.54) is 0 Å². The number of hydrogen-bond acceptors (Lipinski definition) is 3. The third kappa shape index (κ3) is 3.58. The molecule has 1 aromatic rings. The van der Waals surface area contributed by atoms with Crippen LogP contribution in [0.1, 0.15) is 12.0 Å². The Kier molecular flexibility index (Phi) is 3.73. The summed E-state index contributed by atoms with van der Waals surface area (Å²) in [6.07, 6.45) is 4.32. The molecule has 0 saturated carbocycles. The van der Waals surface area contributed by atoms with Gasteiger partial charge in [-0.2, -0.15) is 0 Å². The highest BCUT2D eigenvalue weighted by atomic mass is 16.1. The van der Waals surface area contributed by atoms with Gasteiger partial charge in [-0.25, -0.2) is 0 Å². The van der Waals surface area contributed by atoms with Crippen molar-refractivity contribution < 1.29 is 4.79 Å². The van der Waals surface area contributed by atoms with Crippen LogP contribution in [-0.2, 0) is 4.79 Å². The van der Waals surface area contributed by atoms with Crippen LogP contribution in [0.3, 0.4) is 0 Å². The van der Waals surface area contributed by atoms with Crippen LogP contribution in [0.4, 0.5) is 0 Å².